The molecule has 2 aliphatic heterocycles. The van der Waals surface area contributed by atoms with Crippen molar-refractivity contribution in [2.75, 3.05) is 19.8 Å². The summed E-state index contributed by atoms with van der Waals surface area (Å²) in [4.78, 5) is 15.6. The summed E-state index contributed by atoms with van der Waals surface area (Å²) in [7, 11) is 0. The fraction of sp³-hybridized carbons (Fsp3) is 0.500. The van der Waals surface area contributed by atoms with E-state index in [0.29, 0.717) is 29.6 Å². The third kappa shape index (κ3) is 2.30. The molecule has 0 saturated carbocycles. The molecule has 4 heterocycles. The van der Waals surface area contributed by atoms with E-state index in [1.54, 1.807) is 0 Å². The number of aromatic nitrogens is 1. The van der Waals surface area contributed by atoms with E-state index in [1.807, 2.05) is 24.1 Å². The Hall–Kier alpha value is -2.02. The zero-order chi connectivity index (χ0) is 16.0. The van der Waals surface area contributed by atoms with Crippen molar-refractivity contribution in [2.24, 2.45) is 0 Å². The number of hydrogen-bond acceptors (Lipinski definition) is 6. The van der Waals surface area contributed by atoms with E-state index in [-0.39, 0.29) is 11.9 Å². The number of thiophene rings is 1. The largest absolute Gasteiger partial charge is 0.485 e. The van der Waals surface area contributed by atoms with Gasteiger partial charge in [0.2, 0.25) is 0 Å². The second-order valence-corrected chi connectivity index (χ2v) is 6.73. The van der Waals surface area contributed by atoms with Crippen LogP contribution in [-0.4, -0.2) is 35.7 Å². The molecule has 0 radical (unpaired) electrons. The Kier molecular flexibility index (Phi) is 3.52. The number of nitrogens with zero attached hydrogens (tertiary/aromatic N) is 2. The van der Waals surface area contributed by atoms with Crippen molar-refractivity contribution in [3.8, 4) is 11.5 Å². The molecule has 0 aliphatic carbocycles. The Labute approximate surface area is 138 Å². The first-order valence-electron chi connectivity index (χ1n) is 7.77. The summed E-state index contributed by atoms with van der Waals surface area (Å²) in [5, 5.41) is 5.88. The topological polar surface area (TPSA) is 64.8 Å². The number of amides is 1. The quantitative estimate of drug-likeness (QED) is 0.844. The van der Waals surface area contributed by atoms with Gasteiger partial charge in [-0.05, 0) is 26.7 Å². The number of carbonyl (C=O) groups is 1. The molecule has 122 valence electrons. The van der Waals surface area contributed by atoms with Crippen LogP contribution in [0.2, 0.25) is 0 Å². The highest BCUT2D eigenvalue weighted by molar-refractivity contribution is 7.12. The minimum atomic E-state index is 0.00394. The second kappa shape index (κ2) is 5.56. The van der Waals surface area contributed by atoms with Crippen LogP contribution in [0.1, 0.15) is 45.6 Å². The van der Waals surface area contributed by atoms with Crippen LogP contribution >= 0.6 is 11.3 Å². The predicted octanol–water partition coefficient (Wildman–Crippen LogP) is 3.10. The maximum Gasteiger partial charge on any atom is 0.268 e. The Bertz CT molecular complexity index is 732. The van der Waals surface area contributed by atoms with Crippen LogP contribution in [-0.2, 0) is 0 Å². The van der Waals surface area contributed by atoms with Gasteiger partial charge in [0.05, 0.1) is 11.7 Å². The highest BCUT2D eigenvalue weighted by Gasteiger charge is 2.36. The molecule has 2 aromatic rings. The van der Waals surface area contributed by atoms with Crippen molar-refractivity contribution in [1.29, 1.82) is 0 Å². The molecule has 23 heavy (non-hydrogen) atoms. The Morgan fingerprint density at radius 1 is 1.35 bits per heavy atom. The van der Waals surface area contributed by atoms with Crippen LogP contribution in [0, 0.1) is 13.8 Å². The Balaban J connectivity index is 1.67. The van der Waals surface area contributed by atoms with Crippen molar-refractivity contribution in [1.82, 2.24) is 10.1 Å². The van der Waals surface area contributed by atoms with Crippen LogP contribution < -0.4 is 9.47 Å². The van der Waals surface area contributed by atoms with E-state index in [2.05, 4.69) is 5.16 Å². The van der Waals surface area contributed by atoms with Crippen LogP contribution in [0.15, 0.2) is 9.90 Å². The van der Waals surface area contributed by atoms with E-state index in [4.69, 9.17) is 14.0 Å². The van der Waals surface area contributed by atoms with Gasteiger partial charge in [-0.15, -0.1) is 11.3 Å². The van der Waals surface area contributed by atoms with Gasteiger partial charge in [0.15, 0.2) is 11.5 Å². The smallest absolute Gasteiger partial charge is 0.268 e. The maximum atomic E-state index is 13.1. The van der Waals surface area contributed by atoms with Crippen LogP contribution in [0.25, 0.3) is 0 Å². The number of hydrogen-bond donors (Lipinski definition) is 0. The average molecular weight is 334 g/mol. The molecule has 1 atom stereocenters. The molecule has 2 aromatic heterocycles. The van der Waals surface area contributed by atoms with E-state index >= 15 is 0 Å². The summed E-state index contributed by atoms with van der Waals surface area (Å²) in [5.74, 6) is 2.07. The molecule has 6 nitrogen and oxygen atoms in total. The van der Waals surface area contributed by atoms with Crippen molar-refractivity contribution < 1.29 is 18.8 Å². The molecule has 7 heteroatoms. The van der Waals surface area contributed by atoms with Gasteiger partial charge in [-0.3, -0.25) is 4.79 Å². The van der Waals surface area contributed by atoms with Crippen molar-refractivity contribution in [2.45, 2.75) is 32.7 Å². The minimum Gasteiger partial charge on any atom is -0.485 e. The minimum absolute atomic E-state index is 0.00394. The summed E-state index contributed by atoms with van der Waals surface area (Å²) < 4.78 is 16.5. The molecule has 0 spiro atoms. The summed E-state index contributed by atoms with van der Waals surface area (Å²) in [5.41, 5.74) is 1.90. The summed E-state index contributed by atoms with van der Waals surface area (Å²) in [6.45, 7) is 5.58. The predicted molar refractivity (Wildman–Crippen MR) is 84.3 cm³/mol. The Morgan fingerprint density at radius 2 is 2.17 bits per heavy atom. The molecule has 0 aromatic carbocycles. The van der Waals surface area contributed by atoms with E-state index < -0.39 is 0 Å². The Morgan fingerprint density at radius 3 is 2.96 bits per heavy atom. The molecular formula is C16H18N2O4S. The zero-order valence-corrected chi connectivity index (χ0v) is 13.9. The number of rotatable bonds is 2. The van der Waals surface area contributed by atoms with Crippen molar-refractivity contribution in [3.05, 3.63) is 27.3 Å². The van der Waals surface area contributed by atoms with E-state index in [9.17, 15) is 4.79 Å². The molecule has 2 aliphatic rings. The van der Waals surface area contributed by atoms with Crippen molar-refractivity contribution in [3.63, 3.8) is 0 Å². The fourth-order valence-electron chi connectivity index (χ4n) is 3.42. The van der Waals surface area contributed by atoms with Gasteiger partial charge in [0, 0.05) is 17.5 Å². The zero-order valence-electron chi connectivity index (χ0n) is 13.1. The molecule has 4 rings (SSSR count). The summed E-state index contributed by atoms with van der Waals surface area (Å²) in [6.07, 6.45) is 1.91. The number of aryl methyl sites for hydroxylation is 2. The first-order valence-corrected chi connectivity index (χ1v) is 8.65. The van der Waals surface area contributed by atoms with Gasteiger partial charge >= 0.3 is 0 Å². The lowest BCUT2D eigenvalue weighted by Crippen LogP contribution is -2.31. The first-order chi connectivity index (χ1) is 11.2. The lowest BCUT2D eigenvalue weighted by Gasteiger charge is -2.25. The van der Waals surface area contributed by atoms with Gasteiger partial charge in [-0.25, -0.2) is 0 Å². The fourth-order valence-corrected chi connectivity index (χ4v) is 4.30. The van der Waals surface area contributed by atoms with Gasteiger partial charge < -0.3 is 18.9 Å². The van der Waals surface area contributed by atoms with Gasteiger partial charge in [0.1, 0.15) is 23.9 Å². The molecular weight excluding hydrogens is 316 g/mol. The standard InChI is InChI=1S/C16H18N2O4S/c1-9-13(10(2)22-17-9)11-4-3-5-18(11)16(19)15-14-12(8-23-15)20-6-7-21-14/h8,11H,3-7H2,1-2H3/t11-/m0/s1. The van der Waals surface area contributed by atoms with Crippen LogP contribution in [0.5, 0.6) is 11.5 Å². The lowest BCUT2D eigenvalue weighted by molar-refractivity contribution is 0.0731. The number of ether oxygens (including phenoxy) is 2. The molecule has 1 fully saturated rings. The third-order valence-electron chi connectivity index (χ3n) is 4.43. The highest BCUT2D eigenvalue weighted by Crippen LogP contribution is 2.43. The summed E-state index contributed by atoms with van der Waals surface area (Å²) in [6, 6.07) is 0.0241. The number of carbonyl (C=O) groups excluding carboxylic acids is 1. The molecule has 0 unspecified atom stereocenters. The van der Waals surface area contributed by atoms with E-state index in [1.165, 1.54) is 11.3 Å². The van der Waals surface area contributed by atoms with Crippen LogP contribution in [0.3, 0.4) is 0 Å². The maximum absolute atomic E-state index is 13.1. The third-order valence-corrected chi connectivity index (χ3v) is 5.36. The lowest BCUT2D eigenvalue weighted by atomic mass is 10.0. The number of likely N-dealkylation sites (tertiary alicyclic amines) is 1. The van der Waals surface area contributed by atoms with E-state index in [0.717, 1.165) is 36.4 Å². The van der Waals surface area contributed by atoms with Crippen molar-refractivity contribution >= 4 is 17.2 Å². The summed E-state index contributed by atoms with van der Waals surface area (Å²) >= 11 is 1.39. The molecule has 0 bridgehead atoms. The van der Waals surface area contributed by atoms with Crippen LogP contribution in [0.4, 0.5) is 0 Å². The molecule has 1 amide bonds. The second-order valence-electron chi connectivity index (χ2n) is 5.85. The SMILES string of the molecule is Cc1noc(C)c1[C@@H]1CCCN1C(=O)c1scc2c1OCCO2. The average Bonchev–Trinajstić information content (AvgIpc) is 3.25. The highest BCUT2D eigenvalue weighted by atomic mass is 32.1. The van der Waals surface area contributed by atoms with Gasteiger partial charge in [0.25, 0.3) is 5.91 Å². The van der Waals surface area contributed by atoms with Gasteiger partial charge in [-0.2, -0.15) is 0 Å². The normalized spacial score (nSPS) is 20.1. The molecule has 1 saturated heterocycles. The van der Waals surface area contributed by atoms with Gasteiger partial charge in [-0.1, -0.05) is 5.16 Å². The number of fused-ring (bicyclic) bond motifs is 1. The molecule has 0 N–H and O–H groups in total. The monoisotopic (exact) mass is 334 g/mol. The first kappa shape index (κ1) is 14.6.